The SMILES string of the molecule is COC(=O)C1CS(Cc2ccccc2)(NC(=O)Cc2cc(F)cc(F)c2)C=N1. The second-order valence-electron chi connectivity index (χ2n) is 6.51. The summed E-state index contributed by atoms with van der Waals surface area (Å²) in [4.78, 5) is 28.8. The molecule has 0 bridgehead atoms. The lowest BCUT2D eigenvalue weighted by Crippen LogP contribution is -2.34. The van der Waals surface area contributed by atoms with E-state index in [0.717, 1.165) is 23.8 Å². The minimum atomic E-state index is -1.94. The lowest BCUT2D eigenvalue weighted by molar-refractivity contribution is -0.141. The third-order valence-electron chi connectivity index (χ3n) is 4.24. The second-order valence-corrected chi connectivity index (χ2v) is 9.44. The number of halogens is 2. The predicted octanol–water partition coefficient (Wildman–Crippen LogP) is 3.13. The van der Waals surface area contributed by atoms with Crippen molar-refractivity contribution in [1.29, 1.82) is 0 Å². The van der Waals surface area contributed by atoms with Crippen molar-refractivity contribution in [2.75, 3.05) is 12.9 Å². The Hall–Kier alpha value is -2.74. The molecule has 8 heteroatoms. The molecule has 5 nitrogen and oxygen atoms in total. The van der Waals surface area contributed by atoms with E-state index in [9.17, 15) is 18.4 Å². The summed E-state index contributed by atoms with van der Waals surface area (Å²) < 4.78 is 34.5. The Kier molecular flexibility index (Phi) is 6.08. The number of nitrogens with one attached hydrogen (secondary N) is 1. The maximum atomic E-state index is 13.4. The fourth-order valence-electron chi connectivity index (χ4n) is 3.06. The van der Waals surface area contributed by atoms with Gasteiger partial charge < -0.3 is 9.46 Å². The molecule has 1 heterocycles. The normalized spacial score (nSPS) is 23.0. The molecule has 0 fully saturated rings. The van der Waals surface area contributed by atoms with Gasteiger partial charge in [0.2, 0.25) is 5.91 Å². The van der Waals surface area contributed by atoms with Gasteiger partial charge in [-0.25, -0.2) is 13.6 Å². The molecule has 0 aliphatic carbocycles. The van der Waals surface area contributed by atoms with Crippen LogP contribution in [0.5, 0.6) is 0 Å². The molecule has 0 saturated heterocycles. The van der Waals surface area contributed by atoms with Crippen LogP contribution >= 0.6 is 10.2 Å². The van der Waals surface area contributed by atoms with Gasteiger partial charge in [0, 0.05) is 17.6 Å². The van der Waals surface area contributed by atoms with E-state index < -0.39 is 33.9 Å². The monoisotopic (exact) mass is 406 g/mol. The van der Waals surface area contributed by atoms with Gasteiger partial charge in [-0.1, -0.05) is 30.3 Å². The van der Waals surface area contributed by atoms with Gasteiger partial charge in [0.25, 0.3) is 0 Å². The summed E-state index contributed by atoms with van der Waals surface area (Å²) in [6.07, 6.45) is -0.172. The average Bonchev–Trinajstić information content (AvgIpc) is 3.04. The van der Waals surface area contributed by atoms with Gasteiger partial charge in [0.1, 0.15) is 11.6 Å². The largest absolute Gasteiger partial charge is 0.467 e. The number of methoxy groups -OCH3 is 1. The van der Waals surface area contributed by atoms with Gasteiger partial charge in [0.05, 0.1) is 19.1 Å². The molecule has 1 aliphatic heterocycles. The molecule has 3 rings (SSSR count). The van der Waals surface area contributed by atoms with Crippen molar-refractivity contribution in [2.24, 2.45) is 4.99 Å². The van der Waals surface area contributed by atoms with Gasteiger partial charge in [-0.2, -0.15) is 0 Å². The maximum absolute atomic E-state index is 13.4. The van der Waals surface area contributed by atoms with E-state index in [1.165, 1.54) is 7.11 Å². The molecule has 0 spiro atoms. The van der Waals surface area contributed by atoms with Gasteiger partial charge in [0.15, 0.2) is 6.04 Å². The number of aliphatic imine (C=N–C) groups is 1. The molecule has 2 unspecified atom stereocenters. The van der Waals surface area contributed by atoms with Crippen LogP contribution in [0.25, 0.3) is 0 Å². The number of ether oxygens (including phenoxy) is 1. The number of carbonyl (C=O) groups is 2. The summed E-state index contributed by atoms with van der Waals surface area (Å²) >= 11 is 0. The number of nitrogens with zero attached hydrogens (tertiary/aromatic N) is 1. The van der Waals surface area contributed by atoms with Crippen LogP contribution in [0.15, 0.2) is 53.5 Å². The summed E-state index contributed by atoms with van der Waals surface area (Å²) in [6, 6.07) is 11.9. The molecule has 0 aromatic heterocycles. The summed E-state index contributed by atoms with van der Waals surface area (Å²) in [5.74, 6) is -1.47. The number of rotatable bonds is 6. The van der Waals surface area contributed by atoms with Gasteiger partial charge >= 0.3 is 5.97 Å². The first-order valence-electron chi connectivity index (χ1n) is 8.58. The molecule has 1 aliphatic rings. The fourth-order valence-corrected chi connectivity index (χ4v) is 6.02. The zero-order valence-corrected chi connectivity index (χ0v) is 16.0. The van der Waals surface area contributed by atoms with E-state index in [2.05, 4.69) is 9.71 Å². The van der Waals surface area contributed by atoms with E-state index in [1.54, 1.807) is 5.55 Å². The number of esters is 1. The van der Waals surface area contributed by atoms with E-state index in [0.29, 0.717) is 11.5 Å². The van der Waals surface area contributed by atoms with Gasteiger partial charge in [-0.15, -0.1) is 10.2 Å². The number of amides is 1. The minimum Gasteiger partial charge on any atom is -0.467 e. The van der Waals surface area contributed by atoms with E-state index in [1.807, 2.05) is 30.3 Å². The Balaban J connectivity index is 1.78. The molecule has 1 amide bonds. The summed E-state index contributed by atoms with van der Waals surface area (Å²) in [5, 5.41) is 0. The van der Waals surface area contributed by atoms with E-state index in [-0.39, 0.29) is 17.9 Å². The molecule has 2 aromatic carbocycles. The Morgan fingerprint density at radius 2 is 1.82 bits per heavy atom. The molecular formula is C20H20F2N2O3S. The molecular weight excluding hydrogens is 386 g/mol. The minimum absolute atomic E-state index is 0.172. The predicted molar refractivity (Wildman–Crippen MR) is 105 cm³/mol. The molecule has 2 atom stereocenters. The van der Waals surface area contributed by atoms with Gasteiger partial charge in [-0.3, -0.25) is 9.79 Å². The number of hydrogen-bond donors (Lipinski definition) is 1. The van der Waals surface area contributed by atoms with Crippen molar-refractivity contribution >= 4 is 27.6 Å². The highest BCUT2D eigenvalue weighted by Crippen LogP contribution is 2.49. The van der Waals surface area contributed by atoms with Crippen molar-refractivity contribution in [3.05, 3.63) is 71.3 Å². The number of benzene rings is 2. The zero-order chi connectivity index (χ0) is 20.1. The van der Waals surface area contributed by atoms with Crippen LogP contribution in [0, 0.1) is 11.6 Å². The van der Waals surface area contributed by atoms with Crippen molar-refractivity contribution in [1.82, 2.24) is 4.72 Å². The van der Waals surface area contributed by atoms with Crippen LogP contribution < -0.4 is 4.72 Å². The number of hydrogen-bond acceptors (Lipinski definition) is 4. The van der Waals surface area contributed by atoms with Crippen molar-refractivity contribution < 1.29 is 23.1 Å². The second kappa shape index (κ2) is 8.52. The first kappa shape index (κ1) is 20.0. The van der Waals surface area contributed by atoms with Gasteiger partial charge in [-0.05, 0) is 23.3 Å². The lowest BCUT2D eigenvalue weighted by Gasteiger charge is -2.34. The smallest absolute Gasteiger partial charge is 0.331 e. The van der Waals surface area contributed by atoms with Crippen LogP contribution in [0.2, 0.25) is 0 Å². The molecule has 1 N–H and O–H groups in total. The molecule has 0 saturated carbocycles. The molecule has 28 heavy (non-hydrogen) atoms. The average molecular weight is 406 g/mol. The first-order valence-corrected chi connectivity index (χ1v) is 10.6. The third-order valence-corrected chi connectivity index (χ3v) is 7.16. The Morgan fingerprint density at radius 3 is 2.46 bits per heavy atom. The van der Waals surface area contributed by atoms with Crippen LogP contribution in [-0.2, 0) is 26.5 Å². The highest BCUT2D eigenvalue weighted by atomic mass is 32.3. The maximum Gasteiger partial charge on any atom is 0.331 e. The number of carbonyl (C=O) groups excluding carboxylic acids is 2. The fraction of sp³-hybridized carbons (Fsp3) is 0.250. The van der Waals surface area contributed by atoms with Crippen LogP contribution in [0.4, 0.5) is 8.78 Å². The molecule has 0 radical (unpaired) electrons. The zero-order valence-electron chi connectivity index (χ0n) is 15.2. The third kappa shape index (κ3) is 4.95. The highest BCUT2D eigenvalue weighted by Gasteiger charge is 2.37. The topological polar surface area (TPSA) is 67.8 Å². The van der Waals surface area contributed by atoms with E-state index >= 15 is 0 Å². The van der Waals surface area contributed by atoms with Crippen molar-refractivity contribution in [2.45, 2.75) is 18.2 Å². The van der Waals surface area contributed by atoms with E-state index in [4.69, 9.17) is 4.74 Å². The summed E-state index contributed by atoms with van der Waals surface area (Å²) in [5.41, 5.74) is 2.88. The van der Waals surface area contributed by atoms with Crippen molar-refractivity contribution in [3.8, 4) is 0 Å². The van der Waals surface area contributed by atoms with Crippen LogP contribution in [0.1, 0.15) is 11.1 Å². The lowest BCUT2D eigenvalue weighted by atomic mass is 10.1. The quantitative estimate of drug-likeness (QED) is 0.750. The van der Waals surface area contributed by atoms with Crippen LogP contribution in [-0.4, -0.2) is 36.3 Å². The Labute approximate surface area is 163 Å². The molecule has 148 valence electrons. The highest BCUT2D eigenvalue weighted by molar-refractivity contribution is 8.42. The standard InChI is InChI=1S/C20H20F2N2O3S/c1-27-20(26)18-12-28(13-23-18,11-14-5-3-2-4-6-14)24-19(25)9-15-7-16(21)10-17(22)8-15/h2-8,10,13,18H,9,11-12H2,1H3,(H,24,25). The summed E-state index contributed by atoms with van der Waals surface area (Å²) in [7, 11) is -0.645. The van der Waals surface area contributed by atoms with Crippen LogP contribution in [0.3, 0.4) is 0 Å². The summed E-state index contributed by atoms with van der Waals surface area (Å²) in [6.45, 7) is 0. The Bertz CT molecular complexity index is 887. The Morgan fingerprint density at radius 1 is 1.14 bits per heavy atom. The first-order chi connectivity index (χ1) is 13.4. The molecule has 2 aromatic rings. The van der Waals surface area contributed by atoms with Crippen molar-refractivity contribution in [3.63, 3.8) is 0 Å².